The number of carbonyl (C=O) groups excluding carboxylic acids is 2. The van der Waals surface area contributed by atoms with Crippen molar-refractivity contribution >= 4 is 39.5 Å². The number of hydrogen-bond donors (Lipinski definition) is 0. The molecule has 1 heterocycles. The Morgan fingerprint density at radius 1 is 0.917 bits per heavy atom. The molecule has 2 aromatic carbocycles. The summed E-state index contributed by atoms with van der Waals surface area (Å²) in [5.74, 6) is 1.96. The third-order valence-corrected chi connectivity index (χ3v) is 5.10. The fourth-order valence-corrected chi connectivity index (χ4v) is 3.43. The molecular weight excluding hydrogens is 390 g/mol. The maximum absolute atomic E-state index is 12.2. The third-order valence-electron chi connectivity index (χ3n) is 3.65. The minimum atomic E-state index is -0.192. The van der Waals surface area contributed by atoms with Crippen molar-refractivity contribution in [2.24, 2.45) is 0 Å². The summed E-state index contributed by atoms with van der Waals surface area (Å²) in [5, 5.41) is 0. The molecule has 24 heavy (non-hydrogen) atoms. The van der Waals surface area contributed by atoms with Crippen LogP contribution in [0.3, 0.4) is 0 Å². The number of hydrogen-bond acceptors (Lipinski definition) is 4. The molecular formula is C18H16BrNO3S. The molecule has 0 bridgehead atoms. The number of carbonyl (C=O) groups is 2. The number of ether oxygens (including phenoxy) is 1. The molecule has 0 radical (unpaired) electrons. The first-order valence-corrected chi connectivity index (χ1v) is 9.53. The van der Waals surface area contributed by atoms with Crippen molar-refractivity contribution < 1.29 is 14.3 Å². The third kappa shape index (κ3) is 3.82. The van der Waals surface area contributed by atoms with Crippen LogP contribution < -0.4 is 4.74 Å². The second kappa shape index (κ2) is 7.85. The largest absolute Gasteiger partial charge is 0.493 e. The highest BCUT2D eigenvalue weighted by atomic mass is 79.9. The van der Waals surface area contributed by atoms with Gasteiger partial charge in [0.25, 0.3) is 11.8 Å². The first-order chi connectivity index (χ1) is 11.7. The Morgan fingerprint density at radius 3 is 2.17 bits per heavy atom. The van der Waals surface area contributed by atoms with Crippen molar-refractivity contribution in [3.8, 4) is 5.75 Å². The lowest BCUT2D eigenvalue weighted by Gasteiger charge is -2.13. The lowest BCUT2D eigenvalue weighted by atomic mass is 10.1. The molecule has 6 heteroatoms. The van der Waals surface area contributed by atoms with Gasteiger partial charge < -0.3 is 4.74 Å². The molecule has 1 aliphatic heterocycles. The van der Waals surface area contributed by atoms with E-state index in [-0.39, 0.29) is 11.8 Å². The summed E-state index contributed by atoms with van der Waals surface area (Å²) in [6.45, 7) is 1.02. The number of imide groups is 1. The molecule has 0 saturated heterocycles. The number of rotatable bonds is 7. The van der Waals surface area contributed by atoms with E-state index >= 15 is 0 Å². The zero-order valence-corrected chi connectivity index (χ0v) is 15.3. The number of thioether (sulfide) groups is 1. The second-order valence-corrected chi connectivity index (χ2v) is 7.36. The highest BCUT2D eigenvalue weighted by Gasteiger charge is 2.34. The van der Waals surface area contributed by atoms with Crippen LogP contribution in [0.15, 0.2) is 53.0 Å². The van der Waals surface area contributed by atoms with E-state index in [1.807, 2.05) is 24.3 Å². The number of fused-ring (bicyclic) bond motifs is 1. The average molecular weight is 406 g/mol. The predicted octanol–water partition coefficient (Wildman–Crippen LogP) is 3.86. The van der Waals surface area contributed by atoms with Gasteiger partial charge in [0.15, 0.2) is 0 Å². The molecule has 0 saturated carbocycles. The summed E-state index contributed by atoms with van der Waals surface area (Å²) in [4.78, 5) is 25.7. The van der Waals surface area contributed by atoms with Gasteiger partial charge >= 0.3 is 0 Å². The van der Waals surface area contributed by atoms with Crippen molar-refractivity contribution in [1.82, 2.24) is 4.90 Å². The molecule has 1 aliphatic rings. The molecule has 0 N–H and O–H groups in total. The Kier molecular flexibility index (Phi) is 5.58. The molecule has 3 rings (SSSR count). The van der Waals surface area contributed by atoms with E-state index in [1.54, 1.807) is 36.0 Å². The number of nitrogens with zero attached hydrogens (tertiary/aromatic N) is 1. The first-order valence-electron chi connectivity index (χ1n) is 7.58. The Morgan fingerprint density at radius 2 is 1.54 bits per heavy atom. The molecule has 0 unspecified atom stereocenters. The van der Waals surface area contributed by atoms with Crippen LogP contribution in [0.25, 0.3) is 0 Å². The molecule has 0 spiro atoms. The van der Waals surface area contributed by atoms with Crippen LogP contribution in [0.5, 0.6) is 5.75 Å². The zero-order valence-electron chi connectivity index (χ0n) is 12.9. The van der Waals surface area contributed by atoms with Gasteiger partial charge in [-0.3, -0.25) is 14.5 Å². The molecule has 4 nitrogen and oxygen atoms in total. The van der Waals surface area contributed by atoms with Crippen LogP contribution in [-0.4, -0.2) is 41.4 Å². The normalized spacial score (nSPS) is 13.3. The van der Waals surface area contributed by atoms with Crippen LogP contribution in [0.1, 0.15) is 20.7 Å². The topological polar surface area (TPSA) is 46.6 Å². The van der Waals surface area contributed by atoms with Crippen LogP contribution in [0, 0.1) is 0 Å². The fraction of sp³-hybridized carbons (Fsp3) is 0.222. The van der Waals surface area contributed by atoms with Gasteiger partial charge in [0.05, 0.1) is 17.7 Å². The molecule has 124 valence electrons. The smallest absolute Gasteiger partial charge is 0.261 e. The zero-order chi connectivity index (χ0) is 16.9. The van der Waals surface area contributed by atoms with Gasteiger partial charge in [0.2, 0.25) is 0 Å². The summed E-state index contributed by atoms with van der Waals surface area (Å²) in [6, 6.07) is 14.7. The highest BCUT2D eigenvalue weighted by molar-refractivity contribution is 9.10. The van der Waals surface area contributed by atoms with Gasteiger partial charge in [-0.15, -0.1) is 0 Å². The van der Waals surface area contributed by atoms with E-state index in [2.05, 4.69) is 15.9 Å². The summed E-state index contributed by atoms with van der Waals surface area (Å²) in [5.41, 5.74) is 1.01. The number of halogens is 1. The van der Waals surface area contributed by atoms with E-state index in [0.717, 1.165) is 16.0 Å². The van der Waals surface area contributed by atoms with E-state index in [1.165, 1.54) is 4.90 Å². The van der Waals surface area contributed by atoms with Gasteiger partial charge in [0.1, 0.15) is 5.75 Å². The SMILES string of the molecule is O=C1c2ccccc2C(=O)N1CCSCCOc1ccc(Br)cc1. The monoisotopic (exact) mass is 405 g/mol. The maximum Gasteiger partial charge on any atom is 0.261 e. The molecule has 0 aliphatic carbocycles. The highest BCUT2D eigenvalue weighted by Crippen LogP contribution is 2.22. The van der Waals surface area contributed by atoms with Gasteiger partial charge in [-0.2, -0.15) is 11.8 Å². The molecule has 0 atom stereocenters. The van der Waals surface area contributed by atoms with Crippen LogP contribution in [0.4, 0.5) is 0 Å². The van der Waals surface area contributed by atoms with Crippen molar-refractivity contribution in [3.63, 3.8) is 0 Å². The van der Waals surface area contributed by atoms with Gasteiger partial charge in [0, 0.05) is 22.5 Å². The quantitative estimate of drug-likeness (QED) is 0.518. The van der Waals surface area contributed by atoms with E-state index in [4.69, 9.17) is 4.74 Å². The van der Waals surface area contributed by atoms with E-state index in [9.17, 15) is 9.59 Å². The van der Waals surface area contributed by atoms with Gasteiger partial charge in [-0.1, -0.05) is 28.1 Å². The van der Waals surface area contributed by atoms with Crippen LogP contribution in [-0.2, 0) is 0 Å². The van der Waals surface area contributed by atoms with Crippen LogP contribution >= 0.6 is 27.7 Å². The summed E-state index contributed by atoms with van der Waals surface area (Å²) in [6.07, 6.45) is 0. The summed E-state index contributed by atoms with van der Waals surface area (Å²) >= 11 is 5.05. The predicted molar refractivity (Wildman–Crippen MR) is 98.8 cm³/mol. The van der Waals surface area contributed by atoms with Gasteiger partial charge in [-0.25, -0.2) is 0 Å². The Hall–Kier alpha value is -1.79. The number of amides is 2. The van der Waals surface area contributed by atoms with Crippen molar-refractivity contribution in [3.05, 3.63) is 64.1 Å². The van der Waals surface area contributed by atoms with Crippen LogP contribution in [0.2, 0.25) is 0 Å². The number of benzene rings is 2. The summed E-state index contributed by atoms with van der Waals surface area (Å²) < 4.78 is 6.66. The van der Waals surface area contributed by atoms with Crippen molar-refractivity contribution in [2.45, 2.75) is 0 Å². The molecule has 0 aromatic heterocycles. The lowest BCUT2D eigenvalue weighted by Crippen LogP contribution is -2.32. The van der Waals surface area contributed by atoms with E-state index < -0.39 is 0 Å². The Balaban J connectivity index is 1.39. The molecule has 2 aromatic rings. The second-order valence-electron chi connectivity index (χ2n) is 5.22. The van der Waals surface area contributed by atoms with Gasteiger partial charge in [-0.05, 0) is 36.4 Å². The average Bonchev–Trinajstić information content (AvgIpc) is 2.84. The first kappa shape index (κ1) is 17.0. The minimum absolute atomic E-state index is 0.192. The minimum Gasteiger partial charge on any atom is -0.493 e. The maximum atomic E-state index is 12.2. The standard InChI is InChI=1S/C18H16BrNO3S/c19-13-5-7-14(8-6-13)23-10-12-24-11-9-20-17(21)15-3-1-2-4-16(15)18(20)22/h1-8H,9-12H2. The molecule has 2 amide bonds. The molecule has 0 fully saturated rings. The van der Waals surface area contributed by atoms with Crippen molar-refractivity contribution in [2.75, 3.05) is 24.7 Å². The fourth-order valence-electron chi connectivity index (χ4n) is 2.45. The van der Waals surface area contributed by atoms with Crippen molar-refractivity contribution in [1.29, 1.82) is 0 Å². The van der Waals surface area contributed by atoms with E-state index in [0.29, 0.717) is 30.0 Å². The summed E-state index contributed by atoms with van der Waals surface area (Å²) in [7, 11) is 0. The lowest BCUT2D eigenvalue weighted by molar-refractivity contribution is 0.0664. The Labute approximate surface area is 153 Å². The Bertz CT molecular complexity index is 713.